The van der Waals surface area contributed by atoms with E-state index in [-0.39, 0.29) is 6.10 Å². The zero-order valence-electron chi connectivity index (χ0n) is 11.9. The number of methoxy groups -OCH3 is 1. The van der Waals surface area contributed by atoms with Crippen molar-refractivity contribution in [1.29, 1.82) is 0 Å². The molecule has 5 heteroatoms. The zero-order chi connectivity index (χ0) is 14.2. The largest absolute Gasteiger partial charge is 0.489 e. The maximum Gasteiger partial charge on any atom is 0.138 e. The van der Waals surface area contributed by atoms with Crippen LogP contribution in [-0.4, -0.2) is 39.6 Å². The number of hydrogen-bond acceptors (Lipinski definition) is 4. The molecule has 1 saturated heterocycles. The van der Waals surface area contributed by atoms with Crippen molar-refractivity contribution < 1.29 is 14.2 Å². The summed E-state index contributed by atoms with van der Waals surface area (Å²) in [6.45, 7) is 3.85. The van der Waals surface area contributed by atoms with E-state index in [1.54, 1.807) is 7.11 Å². The van der Waals surface area contributed by atoms with Gasteiger partial charge in [0.15, 0.2) is 0 Å². The first-order chi connectivity index (χ1) is 9.79. The molecule has 1 aromatic rings. The highest BCUT2D eigenvalue weighted by atomic mass is 35.5. The van der Waals surface area contributed by atoms with Gasteiger partial charge in [0.05, 0.1) is 24.8 Å². The van der Waals surface area contributed by atoms with E-state index in [9.17, 15) is 0 Å². The summed E-state index contributed by atoms with van der Waals surface area (Å²) in [5.41, 5.74) is 1.14. The van der Waals surface area contributed by atoms with E-state index in [0.717, 1.165) is 50.5 Å². The van der Waals surface area contributed by atoms with E-state index in [4.69, 9.17) is 25.8 Å². The molecular formula is C15H22ClNO3. The molecule has 1 aliphatic heterocycles. The van der Waals surface area contributed by atoms with Crippen LogP contribution in [0.2, 0.25) is 5.02 Å². The first-order valence-electron chi connectivity index (χ1n) is 7.02. The Morgan fingerprint density at radius 1 is 1.35 bits per heavy atom. The normalized spacial score (nSPS) is 16.3. The first-order valence-corrected chi connectivity index (χ1v) is 7.40. The zero-order valence-corrected chi connectivity index (χ0v) is 12.6. The highest BCUT2D eigenvalue weighted by Crippen LogP contribution is 2.28. The summed E-state index contributed by atoms with van der Waals surface area (Å²) in [5, 5.41) is 3.96. The standard InChI is InChI=1S/C15H22ClNO3/c1-18-9-6-17-11-12-2-3-15(14(16)10-12)20-13-4-7-19-8-5-13/h2-3,10,13,17H,4-9,11H2,1H3. The Morgan fingerprint density at radius 2 is 2.15 bits per heavy atom. The SMILES string of the molecule is COCCNCc1ccc(OC2CCOCC2)c(Cl)c1. The minimum absolute atomic E-state index is 0.215. The second-order valence-electron chi connectivity index (χ2n) is 4.86. The van der Waals surface area contributed by atoms with Gasteiger partial charge in [0.2, 0.25) is 0 Å². The Labute approximate surface area is 125 Å². The smallest absolute Gasteiger partial charge is 0.138 e. The fourth-order valence-electron chi connectivity index (χ4n) is 2.13. The fraction of sp³-hybridized carbons (Fsp3) is 0.600. The highest BCUT2D eigenvalue weighted by Gasteiger charge is 2.16. The van der Waals surface area contributed by atoms with Gasteiger partial charge < -0.3 is 19.5 Å². The number of halogens is 1. The summed E-state index contributed by atoms with van der Waals surface area (Å²) < 4.78 is 16.2. The molecule has 0 unspecified atom stereocenters. The number of nitrogens with one attached hydrogen (secondary N) is 1. The number of ether oxygens (including phenoxy) is 3. The van der Waals surface area contributed by atoms with Crippen LogP contribution in [0.25, 0.3) is 0 Å². The van der Waals surface area contributed by atoms with E-state index >= 15 is 0 Å². The molecule has 0 amide bonds. The van der Waals surface area contributed by atoms with Gasteiger partial charge in [0.1, 0.15) is 11.9 Å². The van der Waals surface area contributed by atoms with Gasteiger partial charge in [-0.3, -0.25) is 0 Å². The van der Waals surface area contributed by atoms with Crippen molar-refractivity contribution in [1.82, 2.24) is 5.32 Å². The van der Waals surface area contributed by atoms with Crippen LogP contribution in [-0.2, 0) is 16.0 Å². The van der Waals surface area contributed by atoms with Crippen LogP contribution in [0.3, 0.4) is 0 Å². The average molecular weight is 300 g/mol. The van der Waals surface area contributed by atoms with Gasteiger partial charge >= 0.3 is 0 Å². The minimum Gasteiger partial charge on any atom is -0.489 e. The van der Waals surface area contributed by atoms with E-state index in [1.165, 1.54) is 0 Å². The van der Waals surface area contributed by atoms with Crippen LogP contribution in [0, 0.1) is 0 Å². The van der Waals surface area contributed by atoms with Gasteiger partial charge in [-0.1, -0.05) is 17.7 Å². The summed E-state index contributed by atoms with van der Waals surface area (Å²) in [6.07, 6.45) is 2.07. The predicted molar refractivity (Wildman–Crippen MR) is 79.5 cm³/mol. The molecule has 1 heterocycles. The second-order valence-corrected chi connectivity index (χ2v) is 5.27. The Bertz CT molecular complexity index is 408. The van der Waals surface area contributed by atoms with E-state index in [1.807, 2.05) is 18.2 Å². The summed E-state index contributed by atoms with van der Waals surface area (Å²) in [4.78, 5) is 0. The van der Waals surface area contributed by atoms with Crippen molar-refractivity contribution in [3.05, 3.63) is 28.8 Å². The molecule has 1 aromatic carbocycles. The molecule has 4 nitrogen and oxygen atoms in total. The Kier molecular flexibility index (Phi) is 6.60. The maximum absolute atomic E-state index is 6.28. The van der Waals surface area contributed by atoms with Gasteiger partial charge in [-0.05, 0) is 17.7 Å². The van der Waals surface area contributed by atoms with Gasteiger partial charge in [-0.2, -0.15) is 0 Å². The number of hydrogen-bond donors (Lipinski definition) is 1. The molecule has 0 aromatic heterocycles. The van der Waals surface area contributed by atoms with Gasteiger partial charge in [0.25, 0.3) is 0 Å². The van der Waals surface area contributed by atoms with Crippen molar-refractivity contribution in [2.75, 3.05) is 33.5 Å². The molecule has 1 aliphatic rings. The van der Waals surface area contributed by atoms with Crippen LogP contribution in [0.5, 0.6) is 5.75 Å². The fourth-order valence-corrected chi connectivity index (χ4v) is 2.38. The van der Waals surface area contributed by atoms with Gasteiger partial charge in [-0.15, -0.1) is 0 Å². The predicted octanol–water partition coefficient (Wildman–Crippen LogP) is 2.63. The molecule has 0 spiro atoms. The molecule has 1 fully saturated rings. The monoisotopic (exact) mass is 299 g/mol. The number of benzene rings is 1. The third-order valence-corrected chi connectivity index (χ3v) is 3.57. The minimum atomic E-state index is 0.215. The van der Waals surface area contributed by atoms with Crippen molar-refractivity contribution in [2.45, 2.75) is 25.5 Å². The Morgan fingerprint density at radius 3 is 2.85 bits per heavy atom. The van der Waals surface area contributed by atoms with Crippen molar-refractivity contribution in [2.24, 2.45) is 0 Å². The van der Waals surface area contributed by atoms with Crippen LogP contribution in [0.15, 0.2) is 18.2 Å². The highest BCUT2D eigenvalue weighted by molar-refractivity contribution is 6.32. The summed E-state index contributed by atoms with van der Waals surface area (Å²) >= 11 is 6.28. The van der Waals surface area contributed by atoms with Crippen LogP contribution >= 0.6 is 11.6 Å². The van der Waals surface area contributed by atoms with Gasteiger partial charge in [-0.25, -0.2) is 0 Å². The number of rotatable bonds is 7. The molecule has 112 valence electrons. The topological polar surface area (TPSA) is 39.7 Å². The lowest BCUT2D eigenvalue weighted by atomic mass is 10.1. The van der Waals surface area contributed by atoms with Crippen molar-refractivity contribution >= 4 is 11.6 Å². The molecular weight excluding hydrogens is 278 g/mol. The van der Waals surface area contributed by atoms with Crippen molar-refractivity contribution in [3.63, 3.8) is 0 Å². The van der Waals surface area contributed by atoms with E-state index in [0.29, 0.717) is 11.6 Å². The molecule has 0 atom stereocenters. The van der Waals surface area contributed by atoms with E-state index in [2.05, 4.69) is 5.32 Å². The first kappa shape index (κ1) is 15.6. The third-order valence-electron chi connectivity index (χ3n) is 3.27. The molecule has 0 bridgehead atoms. The molecule has 1 N–H and O–H groups in total. The molecule has 20 heavy (non-hydrogen) atoms. The lowest BCUT2D eigenvalue weighted by Gasteiger charge is -2.24. The molecule has 0 saturated carbocycles. The van der Waals surface area contributed by atoms with Crippen molar-refractivity contribution in [3.8, 4) is 5.75 Å². The molecule has 2 rings (SSSR count). The lowest BCUT2D eigenvalue weighted by Crippen LogP contribution is -2.26. The molecule has 0 aliphatic carbocycles. The lowest BCUT2D eigenvalue weighted by molar-refractivity contribution is 0.0256. The van der Waals surface area contributed by atoms with Gasteiger partial charge in [0, 0.05) is 33.0 Å². The van der Waals surface area contributed by atoms with E-state index < -0.39 is 0 Å². The average Bonchev–Trinajstić information content (AvgIpc) is 2.47. The Balaban J connectivity index is 1.85. The quantitative estimate of drug-likeness (QED) is 0.786. The maximum atomic E-state index is 6.28. The molecule has 0 radical (unpaired) electrons. The van der Waals surface area contributed by atoms with Crippen LogP contribution in [0.4, 0.5) is 0 Å². The third kappa shape index (κ3) is 4.94. The summed E-state index contributed by atoms with van der Waals surface area (Å²) in [7, 11) is 1.70. The summed E-state index contributed by atoms with van der Waals surface area (Å²) in [5.74, 6) is 0.763. The summed E-state index contributed by atoms with van der Waals surface area (Å²) in [6, 6.07) is 5.95. The second kappa shape index (κ2) is 8.47. The Hall–Kier alpha value is -0.810. The van der Waals surface area contributed by atoms with Crippen LogP contribution < -0.4 is 10.1 Å². The van der Waals surface area contributed by atoms with Crippen LogP contribution in [0.1, 0.15) is 18.4 Å².